The molecule has 7 rings (SSSR count). The van der Waals surface area contributed by atoms with Crippen molar-refractivity contribution in [1.82, 2.24) is 24.8 Å². The van der Waals surface area contributed by atoms with Crippen molar-refractivity contribution in [2.24, 2.45) is 5.92 Å². The van der Waals surface area contributed by atoms with Crippen LogP contribution < -0.4 is 11.1 Å². The predicted octanol–water partition coefficient (Wildman–Crippen LogP) is 7.81. The molecule has 2 aromatic heterocycles. The van der Waals surface area contributed by atoms with E-state index in [0.29, 0.717) is 29.8 Å². The van der Waals surface area contributed by atoms with Gasteiger partial charge in [-0.25, -0.2) is 9.97 Å². The zero-order valence-corrected chi connectivity index (χ0v) is 27.5. The summed E-state index contributed by atoms with van der Waals surface area (Å²) in [5.74, 6) is 1.47. The molecule has 3 heterocycles. The highest BCUT2D eigenvalue weighted by Gasteiger charge is 2.27. The van der Waals surface area contributed by atoms with Crippen LogP contribution in [0.2, 0.25) is 0 Å². The number of aromatic nitrogens is 3. The molecule has 1 aliphatic rings. The monoisotopic (exact) mass is 636 g/mol. The van der Waals surface area contributed by atoms with E-state index in [1.54, 1.807) is 0 Å². The highest BCUT2D eigenvalue weighted by atomic mass is 16.1. The second kappa shape index (κ2) is 14.8. The van der Waals surface area contributed by atoms with Crippen LogP contribution in [0.15, 0.2) is 116 Å². The van der Waals surface area contributed by atoms with Crippen molar-refractivity contribution in [3.8, 4) is 0 Å². The van der Waals surface area contributed by atoms with Gasteiger partial charge in [-0.2, -0.15) is 0 Å². The molecule has 244 valence electrons. The fourth-order valence-corrected chi connectivity index (χ4v) is 7.44. The quantitative estimate of drug-likeness (QED) is 0.142. The van der Waals surface area contributed by atoms with Gasteiger partial charge in [0.25, 0.3) is 5.91 Å². The number of carbonyl (C=O) groups is 1. The molecular formula is C41H44N6O. The summed E-state index contributed by atoms with van der Waals surface area (Å²) in [7, 11) is 0. The van der Waals surface area contributed by atoms with E-state index in [2.05, 4.69) is 104 Å². The molecule has 1 aliphatic heterocycles. The van der Waals surface area contributed by atoms with Gasteiger partial charge in [0.05, 0.1) is 17.4 Å². The summed E-state index contributed by atoms with van der Waals surface area (Å²) in [6.45, 7) is 4.52. The first-order valence-electron chi connectivity index (χ1n) is 17.3. The average Bonchev–Trinajstić information content (AvgIpc) is 3.43. The normalized spacial score (nSPS) is 15.6. The van der Waals surface area contributed by atoms with Crippen LogP contribution in [0.4, 0.5) is 5.82 Å². The number of nitrogens with one attached hydrogen (secondary N) is 1. The highest BCUT2D eigenvalue weighted by Crippen LogP contribution is 2.38. The van der Waals surface area contributed by atoms with Crippen molar-refractivity contribution in [2.75, 3.05) is 25.4 Å². The van der Waals surface area contributed by atoms with Crippen molar-refractivity contribution < 1.29 is 4.79 Å². The summed E-state index contributed by atoms with van der Waals surface area (Å²) in [4.78, 5) is 24.5. The van der Waals surface area contributed by atoms with Gasteiger partial charge in [0.1, 0.15) is 5.52 Å². The van der Waals surface area contributed by atoms with E-state index in [1.807, 2.05) is 36.7 Å². The van der Waals surface area contributed by atoms with Crippen molar-refractivity contribution in [3.63, 3.8) is 0 Å². The number of aryl methyl sites for hydroxylation is 1. The third-order valence-electron chi connectivity index (χ3n) is 9.87. The smallest absolute Gasteiger partial charge is 0.251 e. The van der Waals surface area contributed by atoms with Crippen molar-refractivity contribution in [2.45, 2.75) is 51.1 Å². The minimum atomic E-state index is -0.0232. The van der Waals surface area contributed by atoms with Crippen LogP contribution in [-0.2, 0) is 13.1 Å². The maximum atomic E-state index is 12.9. The average molecular weight is 637 g/mol. The van der Waals surface area contributed by atoms with Gasteiger partial charge >= 0.3 is 0 Å². The molecule has 4 aromatic carbocycles. The van der Waals surface area contributed by atoms with Gasteiger partial charge < -0.3 is 15.6 Å². The van der Waals surface area contributed by atoms with Crippen LogP contribution in [0.5, 0.6) is 0 Å². The summed E-state index contributed by atoms with van der Waals surface area (Å²) in [6, 6.07) is 38.2. The number of carbonyl (C=O) groups excluding carboxylic acids is 1. The van der Waals surface area contributed by atoms with Gasteiger partial charge in [0.15, 0.2) is 5.82 Å². The number of pyridine rings is 1. The molecule has 1 amide bonds. The molecule has 1 saturated heterocycles. The first kappa shape index (κ1) is 31.6. The van der Waals surface area contributed by atoms with Gasteiger partial charge in [-0.15, -0.1) is 0 Å². The molecule has 48 heavy (non-hydrogen) atoms. The van der Waals surface area contributed by atoms with Gasteiger partial charge in [0.2, 0.25) is 0 Å². The number of nitrogens with two attached hydrogens (primary N) is 1. The fourth-order valence-electron chi connectivity index (χ4n) is 7.44. The Balaban J connectivity index is 0.891. The van der Waals surface area contributed by atoms with Gasteiger partial charge in [-0.1, -0.05) is 91.0 Å². The number of imidazole rings is 1. The summed E-state index contributed by atoms with van der Waals surface area (Å²) >= 11 is 0. The molecule has 0 spiro atoms. The number of fused-ring (bicyclic) bond motifs is 3. The molecule has 1 atom stereocenters. The third kappa shape index (κ3) is 7.11. The van der Waals surface area contributed by atoms with Gasteiger partial charge in [-0.3, -0.25) is 9.69 Å². The molecule has 1 unspecified atom stereocenters. The standard InChI is InChI=1S/C41H44N6O/c42-40-38-39(35-17-7-8-18-36(35)45-40)47(29-44-38)26-10-9-24-43-41(48)34-21-19-30(20-22-34)28-46-25-11-16-33(23-27-46)37(31-12-3-1-4-13-31)32-14-5-2-6-15-32/h1-8,12-15,17-22,29,33,37H,9-11,16,23-28H2,(H2,42,45)(H,43,48). The number of hydrogen-bond donors (Lipinski definition) is 2. The van der Waals surface area contributed by atoms with Crippen LogP contribution in [0.25, 0.3) is 21.9 Å². The van der Waals surface area contributed by atoms with Gasteiger partial charge in [0, 0.05) is 36.5 Å². The highest BCUT2D eigenvalue weighted by molar-refractivity contribution is 6.06. The first-order chi connectivity index (χ1) is 23.6. The third-order valence-corrected chi connectivity index (χ3v) is 9.87. The number of hydrogen-bond acceptors (Lipinski definition) is 5. The Morgan fingerprint density at radius 2 is 1.54 bits per heavy atom. The minimum absolute atomic E-state index is 0.0232. The second-order valence-electron chi connectivity index (χ2n) is 13.1. The summed E-state index contributed by atoms with van der Waals surface area (Å²) in [5, 5.41) is 4.15. The first-order valence-corrected chi connectivity index (χ1v) is 17.3. The van der Waals surface area contributed by atoms with Crippen LogP contribution >= 0.6 is 0 Å². The van der Waals surface area contributed by atoms with Crippen LogP contribution in [0.1, 0.15) is 65.1 Å². The van der Waals surface area contributed by atoms with E-state index in [4.69, 9.17) is 5.73 Å². The molecule has 3 N–H and O–H groups in total. The Morgan fingerprint density at radius 3 is 2.29 bits per heavy atom. The number of rotatable bonds is 11. The van der Waals surface area contributed by atoms with Crippen LogP contribution in [0.3, 0.4) is 0 Å². The minimum Gasteiger partial charge on any atom is -0.382 e. The zero-order chi connectivity index (χ0) is 32.7. The molecule has 1 fully saturated rings. The Kier molecular flexibility index (Phi) is 9.75. The molecule has 0 radical (unpaired) electrons. The van der Waals surface area contributed by atoms with E-state index in [1.165, 1.54) is 36.0 Å². The van der Waals surface area contributed by atoms with Crippen molar-refractivity contribution >= 4 is 33.7 Å². The van der Waals surface area contributed by atoms with E-state index < -0.39 is 0 Å². The molecule has 6 aromatic rings. The largest absolute Gasteiger partial charge is 0.382 e. The number of unbranched alkanes of at least 4 members (excludes halogenated alkanes) is 1. The molecule has 7 heteroatoms. The lowest BCUT2D eigenvalue weighted by molar-refractivity contribution is 0.0953. The van der Waals surface area contributed by atoms with E-state index >= 15 is 0 Å². The lowest BCUT2D eigenvalue weighted by Gasteiger charge is -2.27. The molecule has 0 bridgehead atoms. The summed E-state index contributed by atoms with van der Waals surface area (Å²) in [6.07, 6.45) is 7.22. The summed E-state index contributed by atoms with van der Waals surface area (Å²) in [5.41, 5.74) is 13.6. The maximum absolute atomic E-state index is 12.9. The number of amides is 1. The number of para-hydroxylation sites is 1. The number of nitrogens with zero attached hydrogens (tertiary/aromatic N) is 4. The van der Waals surface area contributed by atoms with Crippen molar-refractivity contribution in [1.29, 1.82) is 0 Å². The number of likely N-dealkylation sites (tertiary alicyclic amines) is 1. The SMILES string of the molecule is Nc1nc2ccccc2c2c1ncn2CCCCNC(=O)c1ccc(CN2CCCC(C(c3ccccc3)c3ccccc3)CC2)cc1. The number of benzene rings is 4. The van der Waals surface area contributed by atoms with Gasteiger partial charge in [-0.05, 0) is 86.0 Å². The second-order valence-corrected chi connectivity index (χ2v) is 13.1. The lowest BCUT2D eigenvalue weighted by Crippen LogP contribution is -2.26. The number of nitrogen functional groups attached to an aromatic ring is 1. The zero-order valence-electron chi connectivity index (χ0n) is 27.5. The molecule has 7 nitrogen and oxygen atoms in total. The maximum Gasteiger partial charge on any atom is 0.251 e. The van der Waals surface area contributed by atoms with E-state index in [-0.39, 0.29) is 5.91 Å². The molecule has 0 aliphatic carbocycles. The molecule has 0 saturated carbocycles. The Bertz CT molecular complexity index is 1920. The predicted molar refractivity (Wildman–Crippen MR) is 195 cm³/mol. The van der Waals surface area contributed by atoms with E-state index in [0.717, 1.165) is 61.0 Å². The Morgan fingerprint density at radius 1 is 0.833 bits per heavy atom. The fraction of sp³-hybridized carbons (Fsp3) is 0.293. The van der Waals surface area contributed by atoms with Crippen LogP contribution in [0, 0.1) is 5.92 Å². The Labute approximate surface area is 282 Å². The lowest BCUT2D eigenvalue weighted by atomic mass is 9.77. The topological polar surface area (TPSA) is 89.1 Å². The van der Waals surface area contributed by atoms with E-state index in [9.17, 15) is 4.79 Å². The van der Waals surface area contributed by atoms with Crippen molar-refractivity contribution in [3.05, 3.63) is 138 Å². The number of anilines is 1. The summed E-state index contributed by atoms with van der Waals surface area (Å²) < 4.78 is 2.14. The van der Waals surface area contributed by atoms with Crippen LogP contribution in [-0.4, -0.2) is 45.0 Å². The molecular weight excluding hydrogens is 592 g/mol. The Hall–Kier alpha value is -5.01.